The molecule has 0 bridgehead atoms. The van der Waals surface area contributed by atoms with Crippen LogP contribution in [-0.4, -0.2) is 50.2 Å². The van der Waals surface area contributed by atoms with Gasteiger partial charge in [-0.05, 0) is 12.3 Å². The topological polar surface area (TPSA) is 66.4 Å². The van der Waals surface area contributed by atoms with E-state index < -0.39 is 12.1 Å². The first-order chi connectivity index (χ1) is 9.64. The normalized spacial score (nSPS) is 14.5. The lowest BCUT2D eigenvalue weighted by molar-refractivity contribution is -0.873. The van der Waals surface area contributed by atoms with Gasteiger partial charge in [-0.15, -0.1) is 0 Å². The molecule has 0 heterocycles. The van der Waals surface area contributed by atoms with E-state index in [4.69, 9.17) is 4.74 Å². The summed E-state index contributed by atoms with van der Waals surface area (Å²) in [5.74, 6) is -0.994. The van der Waals surface area contributed by atoms with Crippen LogP contribution >= 0.6 is 0 Å². The summed E-state index contributed by atoms with van der Waals surface area (Å²) in [6.07, 6.45) is 3.73. The molecule has 5 heteroatoms. The molecule has 2 atom stereocenters. The van der Waals surface area contributed by atoms with Crippen molar-refractivity contribution in [2.24, 2.45) is 5.92 Å². The molecule has 0 fully saturated rings. The van der Waals surface area contributed by atoms with Crippen molar-refractivity contribution in [3.05, 3.63) is 0 Å². The van der Waals surface area contributed by atoms with Gasteiger partial charge in [0.25, 0.3) is 0 Å². The second-order valence-electron chi connectivity index (χ2n) is 6.95. The Kier molecular flexibility index (Phi) is 9.26. The number of esters is 1. The predicted molar refractivity (Wildman–Crippen MR) is 80.3 cm³/mol. The lowest BCUT2D eigenvalue weighted by atomic mass is 9.99. The van der Waals surface area contributed by atoms with Crippen LogP contribution in [0.15, 0.2) is 0 Å². The van der Waals surface area contributed by atoms with Gasteiger partial charge in [0, 0.05) is 18.8 Å². The maximum Gasteiger partial charge on any atom is 0.306 e. The van der Waals surface area contributed by atoms with Gasteiger partial charge in [-0.3, -0.25) is 4.79 Å². The molecular weight excluding hydrogens is 270 g/mol. The van der Waals surface area contributed by atoms with E-state index in [0.29, 0.717) is 23.4 Å². The van der Waals surface area contributed by atoms with Crippen molar-refractivity contribution in [3.8, 4) is 0 Å². The van der Waals surface area contributed by atoms with Crippen LogP contribution in [0.5, 0.6) is 0 Å². The SMILES string of the molecule is CCCCC(C)CCC(=O)OC(CC(=O)[O-])C[N+](C)(C)C. The fourth-order valence-electron chi connectivity index (χ4n) is 2.25. The number of hydrogen-bond acceptors (Lipinski definition) is 4. The first kappa shape index (κ1) is 19.9. The molecule has 0 radical (unpaired) electrons. The zero-order valence-corrected chi connectivity index (χ0v) is 14.2. The summed E-state index contributed by atoms with van der Waals surface area (Å²) in [5, 5.41) is 10.8. The smallest absolute Gasteiger partial charge is 0.306 e. The van der Waals surface area contributed by atoms with Gasteiger partial charge >= 0.3 is 5.97 Å². The van der Waals surface area contributed by atoms with Crippen molar-refractivity contribution in [2.45, 2.75) is 58.5 Å². The molecule has 0 aromatic carbocycles. The summed E-state index contributed by atoms with van der Waals surface area (Å²) in [6.45, 7) is 4.75. The molecule has 0 amide bonds. The largest absolute Gasteiger partial charge is 0.550 e. The van der Waals surface area contributed by atoms with Crippen molar-refractivity contribution in [1.82, 2.24) is 0 Å². The fourth-order valence-corrected chi connectivity index (χ4v) is 2.25. The number of unbranched alkanes of at least 4 members (excludes halogenated alkanes) is 1. The van der Waals surface area contributed by atoms with E-state index in [-0.39, 0.29) is 12.4 Å². The number of likely N-dealkylation sites (N-methyl/N-ethyl adjacent to an activating group) is 1. The summed E-state index contributed by atoms with van der Waals surface area (Å²) < 4.78 is 5.86. The van der Waals surface area contributed by atoms with Crippen LogP contribution in [0.1, 0.15) is 52.4 Å². The van der Waals surface area contributed by atoms with E-state index >= 15 is 0 Å². The molecule has 21 heavy (non-hydrogen) atoms. The van der Waals surface area contributed by atoms with Gasteiger partial charge in [-0.25, -0.2) is 0 Å². The Morgan fingerprint density at radius 1 is 1.19 bits per heavy atom. The molecule has 0 aliphatic heterocycles. The number of rotatable bonds is 11. The average molecular weight is 301 g/mol. The second kappa shape index (κ2) is 9.77. The van der Waals surface area contributed by atoms with E-state index in [1.165, 1.54) is 6.42 Å². The summed E-state index contributed by atoms with van der Waals surface area (Å²) in [4.78, 5) is 22.6. The Labute approximate surface area is 128 Å². The van der Waals surface area contributed by atoms with E-state index in [9.17, 15) is 14.7 Å². The quantitative estimate of drug-likeness (QED) is 0.427. The monoisotopic (exact) mass is 301 g/mol. The number of ether oxygens (including phenoxy) is 1. The molecule has 0 aromatic rings. The number of carbonyl (C=O) groups excluding carboxylic acids is 2. The fraction of sp³-hybridized carbons (Fsp3) is 0.875. The number of nitrogens with zero attached hydrogens (tertiary/aromatic N) is 1. The molecule has 124 valence electrons. The standard InChI is InChI=1S/C16H31NO4/c1-6-7-8-13(2)9-10-16(20)21-14(11-15(18)19)12-17(3,4)5/h13-14H,6-12H2,1-5H3. The van der Waals surface area contributed by atoms with Crippen molar-refractivity contribution < 1.29 is 23.9 Å². The van der Waals surface area contributed by atoms with Gasteiger partial charge in [0.05, 0.1) is 21.1 Å². The first-order valence-corrected chi connectivity index (χ1v) is 7.83. The number of quaternary nitrogens is 1. The maximum absolute atomic E-state index is 11.9. The van der Waals surface area contributed by atoms with Gasteiger partial charge in [0.2, 0.25) is 0 Å². The third kappa shape index (κ3) is 12.4. The van der Waals surface area contributed by atoms with Crippen LogP contribution in [-0.2, 0) is 14.3 Å². The van der Waals surface area contributed by atoms with Crippen LogP contribution in [0.25, 0.3) is 0 Å². The molecule has 0 rings (SSSR count). The zero-order valence-electron chi connectivity index (χ0n) is 14.2. The van der Waals surface area contributed by atoms with E-state index in [1.54, 1.807) is 0 Å². The minimum atomic E-state index is -1.18. The van der Waals surface area contributed by atoms with Crippen molar-refractivity contribution in [1.29, 1.82) is 0 Å². The van der Waals surface area contributed by atoms with Crippen molar-refractivity contribution >= 4 is 11.9 Å². The highest BCUT2D eigenvalue weighted by atomic mass is 16.5. The minimum absolute atomic E-state index is 0.243. The van der Waals surface area contributed by atoms with Crippen LogP contribution in [0, 0.1) is 5.92 Å². The maximum atomic E-state index is 11.9. The molecule has 0 aliphatic rings. The molecule has 5 nitrogen and oxygen atoms in total. The molecule has 0 saturated heterocycles. The van der Waals surface area contributed by atoms with Gasteiger partial charge in [0.15, 0.2) is 6.10 Å². The van der Waals surface area contributed by atoms with E-state index in [2.05, 4.69) is 13.8 Å². The van der Waals surface area contributed by atoms with Crippen molar-refractivity contribution in [3.63, 3.8) is 0 Å². The molecule has 0 N–H and O–H groups in total. The highest BCUT2D eigenvalue weighted by Crippen LogP contribution is 2.15. The Morgan fingerprint density at radius 3 is 2.29 bits per heavy atom. The molecular formula is C16H31NO4. The van der Waals surface area contributed by atoms with Gasteiger partial charge < -0.3 is 19.1 Å². The van der Waals surface area contributed by atoms with E-state index in [0.717, 1.165) is 19.3 Å². The van der Waals surface area contributed by atoms with Crippen LogP contribution < -0.4 is 5.11 Å². The van der Waals surface area contributed by atoms with Crippen LogP contribution in [0.2, 0.25) is 0 Å². The Balaban J connectivity index is 4.23. The Bertz CT molecular complexity index is 323. The molecule has 0 saturated carbocycles. The van der Waals surface area contributed by atoms with Crippen LogP contribution in [0.3, 0.4) is 0 Å². The highest BCUT2D eigenvalue weighted by Gasteiger charge is 2.22. The molecule has 0 aromatic heterocycles. The highest BCUT2D eigenvalue weighted by molar-refractivity contribution is 5.70. The molecule has 2 unspecified atom stereocenters. The van der Waals surface area contributed by atoms with Crippen molar-refractivity contribution in [2.75, 3.05) is 27.7 Å². The summed E-state index contributed by atoms with van der Waals surface area (Å²) in [7, 11) is 5.80. The third-order valence-corrected chi connectivity index (χ3v) is 3.34. The van der Waals surface area contributed by atoms with E-state index in [1.807, 2.05) is 21.1 Å². The predicted octanol–water partition coefficient (Wildman–Crippen LogP) is 1.35. The Morgan fingerprint density at radius 2 is 1.81 bits per heavy atom. The summed E-state index contributed by atoms with van der Waals surface area (Å²) >= 11 is 0. The number of carboxylic acids is 1. The van der Waals surface area contributed by atoms with Gasteiger partial charge in [0.1, 0.15) is 6.54 Å². The lowest BCUT2D eigenvalue weighted by Gasteiger charge is -2.29. The summed E-state index contributed by atoms with van der Waals surface area (Å²) in [6, 6.07) is 0. The van der Waals surface area contributed by atoms with Crippen LogP contribution in [0.4, 0.5) is 0 Å². The average Bonchev–Trinajstić information content (AvgIpc) is 2.30. The number of aliphatic carboxylic acids is 1. The molecule has 0 aliphatic carbocycles. The minimum Gasteiger partial charge on any atom is -0.550 e. The number of carbonyl (C=O) groups is 2. The third-order valence-electron chi connectivity index (χ3n) is 3.34. The lowest BCUT2D eigenvalue weighted by Crippen LogP contribution is -2.45. The Hall–Kier alpha value is -1.10. The first-order valence-electron chi connectivity index (χ1n) is 7.83. The van der Waals surface area contributed by atoms with Gasteiger partial charge in [-0.1, -0.05) is 33.1 Å². The second-order valence-corrected chi connectivity index (χ2v) is 6.95. The zero-order chi connectivity index (χ0) is 16.5. The number of hydrogen-bond donors (Lipinski definition) is 0. The van der Waals surface area contributed by atoms with Gasteiger partial charge in [-0.2, -0.15) is 0 Å². The number of carboxylic acid groups (broad SMARTS) is 1. The molecule has 0 spiro atoms. The summed E-state index contributed by atoms with van der Waals surface area (Å²) in [5.41, 5.74) is 0.